The van der Waals surface area contributed by atoms with Gasteiger partial charge in [0.2, 0.25) is 0 Å². The van der Waals surface area contributed by atoms with Crippen LogP contribution < -0.4 is 5.32 Å². The zero-order chi connectivity index (χ0) is 15.3. The number of piperazine rings is 1. The summed E-state index contributed by atoms with van der Waals surface area (Å²) in [6.07, 6.45) is 0.891. The summed E-state index contributed by atoms with van der Waals surface area (Å²) < 4.78 is 28.6. The van der Waals surface area contributed by atoms with Crippen LogP contribution in [0.2, 0.25) is 0 Å². The Morgan fingerprint density at radius 1 is 0.952 bits per heavy atom. The Morgan fingerprint density at radius 2 is 1.62 bits per heavy atom. The quantitative estimate of drug-likeness (QED) is 0.683. The Bertz CT molecular complexity index is 399. The van der Waals surface area contributed by atoms with Gasteiger partial charge in [0.1, 0.15) is 0 Å². The van der Waals surface area contributed by atoms with E-state index < -0.39 is 10.2 Å². The van der Waals surface area contributed by atoms with Crippen molar-refractivity contribution in [1.29, 1.82) is 0 Å². The monoisotopic (exact) mass is 319 g/mol. The van der Waals surface area contributed by atoms with Crippen LogP contribution in [0.25, 0.3) is 0 Å². The molecule has 2 aliphatic heterocycles. The molecule has 21 heavy (non-hydrogen) atoms. The first-order valence-corrected chi connectivity index (χ1v) is 9.23. The molecule has 0 aromatic rings. The molecular formula is C13H29N5O2S. The van der Waals surface area contributed by atoms with E-state index in [0.29, 0.717) is 26.2 Å². The van der Waals surface area contributed by atoms with Gasteiger partial charge in [0.15, 0.2) is 0 Å². The number of hydrogen-bond acceptors (Lipinski definition) is 5. The molecule has 2 saturated heterocycles. The Labute approximate surface area is 129 Å². The third kappa shape index (κ3) is 4.87. The first-order valence-electron chi connectivity index (χ1n) is 7.83. The van der Waals surface area contributed by atoms with Crippen molar-refractivity contribution in [3.63, 3.8) is 0 Å². The third-order valence-corrected chi connectivity index (χ3v) is 6.18. The Morgan fingerprint density at radius 3 is 2.29 bits per heavy atom. The molecule has 7 nitrogen and oxygen atoms in total. The van der Waals surface area contributed by atoms with Crippen molar-refractivity contribution >= 4 is 10.2 Å². The van der Waals surface area contributed by atoms with E-state index in [1.807, 2.05) is 0 Å². The van der Waals surface area contributed by atoms with Crippen LogP contribution in [0.3, 0.4) is 0 Å². The van der Waals surface area contributed by atoms with Gasteiger partial charge in [0.25, 0.3) is 10.2 Å². The standard InChI is InChI=1S/C13H29N5O2S/c1-15(2)8-9-16-10-12-18(13-11-16)21(19,20)17-6-3-4-14-5-7-17/h14H,3-13H2,1-2H3. The third-order valence-electron chi connectivity index (χ3n) is 4.15. The summed E-state index contributed by atoms with van der Waals surface area (Å²) in [5.41, 5.74) is 0. The molecule has 0 bridgehead atoms. The first kappa shape index (κ1) is 17.1. The van der Waals surface area contributed by atoms with Gasteiger partial charge in [0.05, 0.1) is 0 Å². The zero-order valence-electron chi connectivity index (χ0n) is 13.3. The van der Waals surface area contributed by atoms with Crippen LogP contribution >= 0.6 is 0 Å². The molecule has 8 heteroatoms. The van der Waals surface area contributed by atoms with Gasteiger partial charge in [-0.1, -0.05) is 0 Å². The van der Waals surface area contributed by atoms with Crippen molar-refractivity contribution in [2.75, 3.05) is 79.5 Å². The fourth-order valence-corrected chi connectivity index (χ4v) is 4.37. The molecule has 0 aliphatic carbocycles. The van der Waals surface area contributed by atoms with Gasteiger partial charge < -0.3 is 10.2 Å². The van der Waals surface area contributed by atoms with E-state index in [0.717, 1.165) is 45.7 Å². The van der Waals surface area contributed by atoms with Crippen LogP contribution in [0.15, 0.2) is 0 Å². The minimum atomic E-state index is -3.27. The van der Waals surface area contributed by atoms with E-state index in [9.17, 15) is 8.42 Å². The molecule has 0 aromatic carbocycles. The van der Waals surface area contributed by atoms with Gasteiger partial charge in [-0.15, -0.1) is 0 Å². The number of hydrogen-bond donors (Lipinski definition) is 1. The van der Waals surface area contributed by atoms with Crippen molar-refractivity contribution in [3.05, 3.63) is 0 Å². The average Bonchev–Trinajstić information content (AvgIpc) is 2.75. The van der Waals surface area contributed by atoms with Crippen molar-refractivity contribution < 1.29 is 8.42 Å². The SMILES string of the molecule is CN(C)CCN1CCN(S(=O)(=O)N2CCCNCC2)CC1. The lowest BCUT2D eigenvalue weighted by molar-refractivity contribution is 0.169. The number of likely N-dealkylation sites (N-methyl/N-ethyl adjacent to an activating group) is 1. The normalized spacial score (nSPS) is 24.3. The highest BCUT2D eigenvalue weighted by atomic mass is 32.2. The van der Waals surface area contributed by atoms with Gasteiger partial charge in [-0.25, -0.2) is 0 Å². The smallest absolute Gasteiger partial charge is 0.282 e. The van der Waals surface area contributed by atoms with Crippen LogP contribution in [0.1, 0.15) is 6.42 Å². The molecular weight excluding hydrogens is 290 g/mol. The van der Waals surface area contributed by atoms with Gasteiger partial charge in [0, 0.05) is 58.9 Å². The van der Waals surface area contributed by atoms with Crippen molar-refractivity contribution in [2.24, 2.45) is 0 Å². The summed E-state index contributed by atoms with van der Waals surface area (Å²) >= 11 is 0. The maximum atomic E-state index is 12.7. The lowest BCUT2D eigenvalue weighted by atomic mass is 10.3. The molecule has 0 atom stereocenters. The van der Waals surface area contributed by atoms with E-state index in [-0.39, 0.29) is 0 Å². The van der Waals surface area contributed by atoms with E-state index in [4.69, 9.17) is 0 Å². The van der Waals surface area contributed by atoms with Crippen molar-refractivity contribution in [2.45, 2.75) is 6.42 Å². The summed E-state index contributed by atoms with van der Waals surface area (Å²) in [7, 11) is 0.854. The maximum Gasteiger partial charge on any atom is 0.282 e. The molecule has 0 radical (unpaired) electrons. The molecule has 1 N–H and O–H groups in total. The zero-order valence-corrected chi connectivity index (χ0v) is 14.1. The van der Waals surface area contributed by atoms with Gasteiger partial charge in [-0.2, -0.15) is 17.0 Å². The molecule has 124 valence electrons. The van der Waals surface area contributed by atoms with E-state index in [2.05, 4.69) is 29.2 Å². The van der Waals surface area contributed by atoms with Crippen LogP contribution in [-0.2, 0) is 10.2 Å². The Kier molecular flexibility index (Phi) is 6.39. The predicted molar refractivity (Wildman–Crippen MR) is 84.5 cm³/mol. The fourth-order valence-electron chi connectivity index (χ4n) is 2.74. The average molecular weight is 319 g/mol. The van der Waals surface area contributed by atoms with E-state index in [1.54, 1.807) is 8.61 Å². The van der Waals surface area contributed by atoms with Crippen molar-refractivity contribution in [1.82, 2.24) is 23.7 Å². The molecule has 0 saturated carbocycles. The topological polar surface area (TPSA) is 59.1 Å². The molecule has 0 amide bonds. The molecule has 2 aliphatic rings. The molecule has 2 rings (SSSR count). The van der Waals surface area contributed by atoms with E-state index in [1.165, 1.54) is 0 Å². The second kappa shape index (κ2) is 7.85. The molecule has 0 aromatic heterocycles. The molecule has 0 spiro atoms. The molecule has 2 fully saturated rings. The minimum absolute atomic E-state index is 0.586. The largest absolute Gasteiger partial charge is 0.315 e. The summed E-state index contributed by atoms with van der Waals surface area (Å²) in [5.74, 6) is 0. The highest BCUT2D eigenvalue weighted by Gasteiger charge is 2.32. The fraction of sp³-hybridized carbons (Fsp3) is 1.00. The number of rotatable bonds is 5. The van der Waals surface area contributed by atoms with Crippen LogP contribution in [0.5, 0.6) is 0 Å². The number of nitrogens with one attached hydrogen (secondary N) is 1. The summed E-state index contributed by atoms with van der Waals surface area (Å²) in [5, 5.41) is 3.25. The van der Waals surface area contributed by atoms with E-state index >= 15 is 0 Å². The predicted octanol–water partition coefficient (Wildman–Crippen LogP) is -1.29. The highest BCUT2D eigenvalue weighted by Crippen LogP contribution is 2.13. The Balaban J connectivity index is 1.85. The lowest BCUT2D eigenvalue weighted by Crippen LogP contribution is -2.54. The Hall–Kier alpha value is -0.250. The summed E-state index contributed by atoms with van der Waals surface area (Å²) in [6.45, 7) is 7.79. The maximum absolute atomic E-state index is 12.7. The van der Waals surface area contributed by atoms with Crippen molar-refractivity contribution in [3.8, 4) is 0 Å². The summed E-state index contributed by atoms with van der Waals surface area (Å²) in [4.78, 5) is 4.50. The summed E-state index contributed by atoms with van der Waals surface area (Å²) in [6, 6.07) is 0. The van der Waals surface area contributed by atoms with Gasteiger partial charge in [-0.05, 0) is 27.1 Å². The van der Waals surface area contributed by atoms with Crippen LogP contribution in [0, 0.1) is 0 Å². The van der Waals surface area contributed by atoms with Gasteiger partial charge >= 0.3 is 0 Å². The second-order valence-corrected chi connectivity index (χ2v) is 7.98. The van der Waals surface area contributed by atoms with Crippen LogP contribution in [0.4, 0.5) is 0 Å². The second-order valence-electron chi connectivity index (χ2n) is 6.05. The highest BCUT2D eigenvalue weighted by molar-refractivity contribution is 7.86. The molecule has 2 heterocycles. The molecule has 0 unspecified atom stereocenters. The lowest BCUT2D eigenvalue weighted by Gasteiger charge is -2.36. The van der Waals surface area contributed by atoms with Crippen LogP contribution in [-0.4, -0.2) is 106 Å². The first-order chi connectivity index (χ1) is 10.00. The number of nitrogens with zero attached hydrogens (tertiary/aromatic N) is 4. The van der Waals surface area contributed by atoms with Gasteiger partial charge in [-0.3, -0.25) is 4.90 Å². The minimum Gasteiger partial charge on any atom is -0.315 e.